The van der Waals surface area contributed by atoms with Gasteiger partial charge in [-0.25, -0.2) is 4.79 Å². The number of fused-ring (bicyclic) bond motifs is 1. The number of ether oxygens (including phenoxy) is 1. The SMILES string of the molecule is Cc1c(Cl)ccc2c1N(C(=O)OC(C)(C)C)CC(C#N)C2. The van der Waals surface area contributed by atoms with E-state index in [4.69, 9.17) is 16.3 Å². The van der Waals surface area contributed by atoms with Gasteiger partial charge < -0.3 is 4.74 Å². The van der Waals surface area contributed by atoms with E-state index in [2.05, 4.69) is 6.07 Å². The monoisotopic (exact) mass is 306 g/mol. The van der Waals surface area contributed by atoms with Gasteiger partial charge >= 0.3 is 6.09 Å². The lowest BCUT2D eigenvalue weighted by molar-refractivity contribution is 0.0574. The lowest BCUT2D eigenvalue weighted by atomic mass is 9.92. The van der Waals surface area contributed by atoms with Gasteiger partial charge in [-0.15, -0.1) is 0 Å². The molecule has 0 bridgehead atoms. The van der Waals surface area contributed by atoms with Gasteiger partial charge in [-0.1, -0.05) is 17.7 Å². The van der Waals surface area contributed by atoms with E-state index in [9.17, 15) is 10.1 Å². The van der Waals surface area contributed by atoms with E-state index >= 15 is 0 Å². The summed E-state index contributed by atoms with van der Waals surface area (Å²) in [6.07, 6.45) is 0.192. The van der Waals surface area contributed by atoms with Crippen LogP contribution in [0.25, 0.3) is 0 Å². The molecule has 1 atom stereocenters. The second kappa shape index (κ2) is 5.57. The lowest BCUT2D eigenvalue weighted by Gasteiger charge is -2.34. The van der Waals surface area contributed by atoms with Crippen molar-refractivity contribution in [3.05, 3.63) is 28.3 Å². The van der Waals surface area contributed by atoms with E-state index in [0.717, 1.165) is 16.8 Å². The first kappa shape index (κ1) is 15.7. The number of anilines is 1. The zero-order valence-electron chi connectivity index (χ0n) is 12.7. The first-order chi connectivity index (χ1) is 9.73. The smallest absolute Gasteiger partial charge is 0.414 e. The highest BCUT2D eigenvalue weighted by molar-refractivity contribution is 6.31. The number of halogens is 1. The fourth-order valence-corrected chi connectivity index (χ4v) is 2.64. The average Bonchev–Trinajstić information content (AvgIpc) is 2.39. The van der Waals surface area contributed by atoms with Crippen LogP contribution in [0.2, 0.25) is 5.02 Å². The molecule has 0 saturated heterocycles. The number of hydrogen-bond donors (Lipinski definition) is 0. The average molecular weight is 307 g/mol. The molecule has 0 radical (unpaired) electrons. The first-order valence-electron chi connectivity index (χ1n) is 6.91. The fraction of sp³-hybridized carbons (Fsp3) is 0.500. The number of nitrogens with zero attached hydrogens (tertiary/aromatic N) is 2. The van der Waals surface area contributed by atoms with Crippen LogP contribution in [0, 0.1) is 24.2 Å². The molecule has 1 aromatic carbocycles. The van der Waals surface area contributed by atoms with E-state index < -0.39 is 11.7 Å². The number of nitriles is 1. The van der Waals surface area contributed by atoms with Crippen LogP contribution in [0.3, 0.4) is 0 Å². The molecule has 0 fully saturated rings. The summed E-state index contributed by atoms with van der Waals surface area (Å²) in [6.45, 7) is 7.68. The number of carbonyl (C=O) groups is 1. The van der Waals surface area contributed by atoms with Crippen LogP contribution in [0.1, 0.15) is 31.9 Å². The van der Waals surface area contributed by atoms with Crippen LogP contribution in [-0.4, -0.2) is 18.2 Å². The highest BCUT2D eigenvalue weighted by atomic mass is 35.5. The van der Waals surface area contributed by atoms with Gasteiger partial charge in [0.15, 0.2) is 0 Å². The van der Waals surface area contributed by atoms with Crippen molar-refractivity contribution in [3.63, 3.8) is 0 Å². The van der Waals surface area contributed by atoms with Crippen molar-refractivity contribution in [2.45, 2.75) is 39.7 Å². The lowest BCUT2D eigenvalue weighted by Crippen LogP contribution is -2.43. The predicted octanol–water partition coefficient (Wildman–Crippen LogP) is 4.09. The van der Waals surface area contributed by atoms with E-state index in [0.29, 0.717) is 18.0 Å². The molecule has 0 aromatic heterocycles. The van der Waals surface area contributed by atoms with Gasteiger partial charge in [0.25, 0.3) is 0 Å². The molecule has 2 rings (SSSR count). The Bertz CT molecular complexity index is 614. The van der Waals surface area contributed by atoms with Crippen molar-refractivity contribution in [1.29, 1.82) is 5.26 Å². The van der Waals surface area contributed by atoms with Gasteiger partial charge in [0.1, 0.15) is 5.60 Å². The van der Waals surface area contributed by atoms with Crippen molar-refractivity contribution in [1.82, 2.24) is 0 Å². The summed E-state index contributed by atoms with van der Waals surface area (Å²) in [4.78, 5) is 14.0. The number of amides is 1. The molecule has 5 heteroatoms. The van der Waals surface area contributed by atoms with Gasteiger partial charge in [-0.05, 0) is 51.3 Å². The van der Waals surface area contributed by atoms with Crippen LogP contribution in [0.5, 0.6) is 0 Å². The minimum atomic E-state index is -0.580. The molecule has 0 spiro atoms. The Hall–Kier alpha value is -1.73. The number of hydrogen-bond acceptors (Lipinski definition) is 3. The van der Waals surface area contributed by atoms with Crippen molar-refractivity contribution in [2.24, 2.45) is 5.92 Å². The molecule has 0 aliphatic carbocycles. The maximum atomic E-state index is 12.5. The summed E-state index contributed by atoms with van der Waals surface area (Å²) in [6, 6.07) is 5.93. The van der Waals surface area contributed by atoms with Crippen molar-refractivity contribution in [2.75, 3.05) is 11.4 Å². The Labute approximate surface area is 130 Å². The number of benzene rings is 1. The quantitative estimate of drug-likeness (QED) is 0.725. The van der Waals surface area contributed by atoms with Gasteiger partial charge in [0.05, 0.1) is 17.7 Å². The largest absolute Gasteiger partial charge is 0.443 e. The molecule has 1 unspecified atom stereocenters. The third-order valence-corrected chi connectivity index (χ3v) is 3.79. The molecular formula is C16H19ClN2O2. The second-order valence-electron chi connectivity index (χ2n) is 6.30. The fourth-order valence-electron chi connectivity index (χ4n) is 2.48. The molecule has 1 amide bonds. The number of rotatable bonds is 0. The Morgan fingerprint density at radius 1 is 1.48 bits per heavy atom. The van der Waals surface area contributed by atoms with Gasteiger partial charge in [0, 0.05) is 11.6 Å². The molecule has 1 aromatic rings. The summed E-state index contributed by atoms with van der Waals surface area (Å²) in [5.41, 5.74) is 2.00. The Morgan fingerprint density at radius 2 is 2.14 bits per heavy atom. The molecule has 0 N–H and O–H groups in total. The Balaban J connectivity index is 2.45. The zero-order chi connectivity index (χ0) is 15.8. The molecule has 1 heterocycles. The summed E-state index contributed by atoms with van der Waals surface area (Å²) in [5.74, 6) is -0.231. The first-order valence-corrected chi connectivity index (χ1v) is 7.29. The normalized spacial score (nSPS) is 17.9. The molecule has 112 valence electrons. The Kier molecular flexibility index (Phi) is 4.15. The summed E-state index contributed by atoms with van der Waals surface area (Å²) >= 11 is 6.18. The Morgan fingerprint density at radius 3 is 2.71 bits per heavy atom. The summed E-state index contributed by atoms with van der Waals surface area (Å²) in [7, 11) is 0. The van der Waals surface area contributed by atoms with Crippen LogP contribution in [0.15, 0.2) is 12.1 Å². The van der Waals surface area contributed by atoms with Crippen molar-refractivity contribution < 1.29 is 9.53 Å². The van der Waals surface area contributed by atoms with Crippen LogP contribution in [-0.2, 0) is 11.2 Å². The summed E-state index contributed by atoms with van der Waals surface area (Å²) in [5, 5.41) is 9.83. The van der Waals surface area contributed by atoms with Crippen LogP contribution < -0.4 is 4.90 Å². The van der Waals surface area contributed by atoms with E-state index in [1.165, 1.54) is 0 Å². The number of carbonyl (C=O) groups excluding carboxylic acids is 1. The van der Waals surface area contributed by atoms with Crippen molar-refractivity contribution in [3.8, 4) is 6.07 Å². The van der Waals surface area contributed by atoms with Gasteiger partial charge in [-0.2, -0.15) is 5.26 Å². The summed E-state index contributed by atoms with van der Waals surface area (Å²) < 4.78 is 5.46. The molecule has 1 aliphatic heterocycles. The molecule has 4 nitrogen and oxygen atoms in total. The van der Waals surface area contributed by atoms with Crippen molar-refractivity contribution >= 4 is 23.4 Å². The minimum Gasteiger partial charge on any atom is -0.443 e. The van der Waals surface area contributed by atoms with Gasteiger partial charge in [-0.3, -0.25) is 4.90 Å². The van der Waals surface area contributed by atoms with E-state index in [1.807, 2.05) is 39.8 Å². The van der Waals surface area contributed by atoms with Gasteiger partial charge in [0.2, 0.25) is 0 Å². The standard InChI is InChI=1S/C16H19ClN2O2/c1-10-13(17)6-5-12-7-11(8-18)9-19(14(10)12)15(20)21-16(2,3)4/h5-6,11H,7,9H2,1-4H3. The predicted molar refractivity (Wildman–Crippen MR) is 82.6 cm³/mol. The van der Waals surface area contributed by atoms with E-state index in [-0.39, 0.29) is 5.92 Å². The third-order valence-electron chi connectivity index (χ3n) is 3.38. The second-order valence-corrected chi connectivity index (χ2v) is 6.71. The third kappa shape index (κ3) is 3.30. The molecule has 21 heavy (non-hydrogen) atoms. The zero-order valence-corrected chi connectivity index (χ0v) is 13.5. The molecule has 0 saturated carbocycles. The maximum Gasteiger partial charge on any atom is 0.414 e. The van der Waals surface area contributed by atoms with Crippen LogP contribution in [0.4, 0.5) is 10.5 Å². The van der Waals surface area contributed by atoms with Crippen LogP contribution >= 0.6 is 11.6 Å². The minimum absolute atomic E-state index is 0.231. The maximum absolute atomic E-state index is 12.5. The highest BCUT2D eigenvalue weighted by Crippen LogP contribution is 2.37. The van der Waals surface area contributed by atoms with E-state index in [1.54, 1.807) is 4.90 Å². The molecular weight excluding hydrogens is 288 g/mol. The highest BCUT2D eigenvalue weighted by Gasteiger charge is 2.33. The topological polar surface area (TPSA) is 53.3 Å². The molecule has 1 aliphatic rings.